The monoisotopic (exact) mass is 393 g/mol. The molecule has 2 aliphatic rings. The molecule has 3 heterocycles. The van der Waals surface area contributed by atoms with Crippen LogP contribution in [0.3, 0.4) is 0 Å². The van der Waals surface area contributed by atoms with Crippen molar-refractivity contribution in [3.8, 4) is 16.9 Å². The number of carbonyl (C=O) groups is 1. The van der Waals surface area contributed by atoms with Gasteiger partial charge in [0, 0.05) is 43.4 Å². The van der Waals surface area contributed by atoms with E-state index in [0.717, 1.165) is 33.5 Å². The molecule has 0 radical (unpaired) electrons. The molecule has 1 saturated heterocycles. The molecule has 0 bridgehead atoms. The molecule has 0 spiro atoms. The average molecular weight is 393 g/mol. The number of amides is 1. The number of aryl methyl sites for hydroxylation is 2. The highest BCUT2D eigenvalue weighted by atomic mass is 16.5. The van der Waals surface area contributed by atoms with E-state index in [1.54, 1.807) is 0 Å². The van der Waals surface area contributed by atoms with Gasteiger partial charge in [-0.15, -0.1) is 0 Å². The summed E-state index contributed by atoms with van der Waals surface area (Å²) in [7, 11) is 1.95. The number of nitrogens with one attached hydrogen (secondary N) is 1. The van der Waals surface area contributed by atoms with Gasteiger partial charge in [0.05, 0.1) is 23.1 Å². The summed E-state index contributed by atoms with van der Waals surface area (Å²) in [6, 6.07) is 4.75. The van der Waals surface area contributed by atoms with Crippen LogP contribution in [0.4, 0.5) is 0 Å². The van der Waals surface area contributed by atoms with Gasteiger partial charge in [-0.05, 0) is 50.8 Å². The van der Waals surface area contributed by atoms with Crippen LogP contribution in [-0.2, 0) is 11.8 Å². The van der Waals surface area contributed by atoms with Crippen molar-refractivity contribution < 1.29 is 9.53 Å². The topological polar surface area (TPSA) is 74.0 Å². The first-order valence-corrected chi connectivity index (χ1v) is 10.4. The van der Waals surface area contributed by atoms with Crippen LogP contribution in [0.15, 0.2) is 24.5 Å². The largest absolute Gasteiger partial charge is 0.490 e. The summed E-state index contributed by atoms with van der Waals surface area (Å²) >= 11 is 0. The van der Waals surface area contributed by atoms with Crippen molar-refractivity contribution in [1.82, 2.24) is 24.9 Å². The highest BCUT2D eigenvalue weighted by Crippen LogP contribution is 2.37. The van der Waals surface area contributed by atoms with Gasteiger partial charge in [-0.1, -0.05) is 0 Å². The van der Waals surface area contributed by atoms with Crippen LogP contribution >= 0.6 is 0 Å². The number of rotatable bonds is 5. The lowest BCUT2D eigenvalue weighted by Gasteiger charge is -2.25. The first kappa shape index (κ1) is 18.2. The lowest BCUT2D eigenvalue weighted by atomic mass is 9.93. The Kier molecular flexibility index (Phi) is 4.33. The summed E-state index contributed by atoms with van der Waals surface area (Å²) in [5.41, 5.74) is 4.13. The van der Waals surface area contributed by atoms with Crippen molar-refractivity contribution in [2.24, 2.45) is 13.0 Å². The number of hydrogen-bond acceptors (Lipinski definition) is 4. The zero-order valence-electron chi connectivity index (χ0n) is 17.2. The van der Waals surface area contributed by atoms with Crippen LogP contribution in [0.5, 0.6) is 5.75 Å². The molecule has 1 aromatic carbocycles. The van der Waals surface area contributed by atoms with E-state index in [0.29, 0.717) is 19.0 Å². The first-order valence-electron chi connectivity index (χ1n) is 10.4. The highest BCUT2D eigenvalue weighted by Gasteiger charge is 2.29. The molecule has 2 aromatic heterocycles. The van der Waals surface area contributed by atoms with Crippen molar-refractivity contribution in [3.63, 3.8) is 0 Å². The minimum atomic E-state index is -0.0651. The maximum absolute atomic E-state index is 11.6. The van der Waals surface area contributed by atoms with Crippen LogP contribution in [0, 0.1) is 12.8 Å². The zero-order chi connectivity index (χ0) is 20.1. The van der Waals surface area contributed by atoms with Gasteiger partial charge in [0.25, 0.3) is 0 Å². The van der Waals surface area contributed by atoms with E-state index in [-0.39, 0.29) is 17.9 Å². The van der Waals surface area contributed by atoms with Crippen LogP contribution in [0.2, 0.25) is 0 Å². The van der Waals surface area contributed by atoms with Gasteiger partial charge in [-0.3, -0.25) is 14.2 Å². The normalized spacial score (nSPS) is 20.7. The Morgan fingerprint density at radius 2 is 2.10 bits per heavy atom. The zero-order valence-corrected chi connectivity index (χ0v) is 17.2. The minimum absolute atomic E-state index is 0.0651. The molecule has 7 nitrogen and oxygen atoms in total. The number of benzene rings is 1. The fourth-order valence-electron chi connectivity index (χ4n) is 4.30. The lowest BCUT2D eigenvalue weighted by Crippen LogP contribution is -2.25. The Bertz CT molecular complexity index is 1080. The number of carbonyl (C=O) groups excluding carboxylic acids is 1. The molecule has 7 heteroatoms. The minimum Gasteiger partial charge on any atom is -0.490 e. The van der Waals surface area contributed by atoms with E-state index in [9.17, 15) is 4.79 Å². The second-order valence-corrected chi connectivity index (χ2v) is 8.46. The molecule has 1 aliphatic heterocycles. The van der Waals surface area contributed by atoms with E-state index in [2.05, 4.69) is 45.4 Å². The molecular formula is C22H27N5O2. The van der Waals surface area contributed by atoms with Crippen LogP contribution < -0.4 is 10.1 Å². The van der Waals surface area contributed by atoms with Gasteiger partial charge in [0.2, 0.25) is 5.91 Å². The summed E-state index contributed by atoms with van der Waals surface area (Å²) < 4.78 is 10.4. The molecule has 1 aliphatic carbocycles. The summed E-state index contributed by atoms with van der Waals surface area (Å²) in [6.45, 7) is 4.77. The number of hydrogen-bond donors (Lipinski definition) is 1. The van der Waals surface area contributed by atoms with E-state index in [4.69, 9.17) is 4.74 Å². The first-order chi connectivity index (χ1) is 14.0. The molecule has 1 N–H and O–H groups in total. The van der Waals surface area contributed by atoms with Crippen molar-refractivity contribution in [2.75, 3.05) is 6.54 Å². The number of aromatic nitrogens is 4. The smallest absolute Gasteiger partial charge is 0.220 e. The third kappa shape index (κ3) is 3.18. The summed E-state index contributed by atoms with van der Waals surface area (Å²) in [4.78, 5) is 11.6. The van der Waals surface area contributed by atoms with Gasteiger partial charge in [0.15, 0.2) is 0 Å². The summed E-state index contributed by atoms with van der Waals surface area (Å²) in [5, 5.41) is 13.2. The maximum Gasteiger partial charge on any atom is 0.220 e. The Balaban J connectivity index is 1.52. The second kappa shape index (κ2) is 6.90. The van der Waals surface area contributed by atoms with E-state index < -0.39 is 0 Å². The molecular weight excluding hydrogens is 366 g/mol. The fourth-order valence-corrected chi connectivity index (χ4v) is 4.30. The van der Waals surface area contributed by atoms with Gasteiger partial charge in [0.1, 0.15) is 11.9 Å². The standard InChI is InChI=1S/C22H27N5O2/c1-13-22-19(25-26(13)3)7-15(17-11-24-27(12-17)18-5-4-6-18)8-20(22)29-14(2)16-9-21(28)23-10-16/h7-8,11-12,14,16,18H,4-6,9-10H2,1-3H3,(H,23,28)/t14?,16-/m1/s1. The molecule has 2 atom stereocenters. The van der Waals surface area contributed by atoms with E-state index >= 15 is 0 Å². The number of nitrogens with zero attached hydrogens (tertiary/aromatic N) is 4. The van der Waals surface area contributed by atoms with E-state index in [1.807, 2.05) is 24.9 Å². The van der Waals surface area contributed by atoms with Gasteiger partial charge < -0.3 is 10.1 Å². The third-order valence-electron chi connectivity index (χ3n) is 6.56. The molecule has 5 rings (SSSR count). The van der Waals surface area contributed by atoms with Gasteiger partial charge >= 0.3 is 0 Å². The van der Waals surface area contributed by atoms with Crippen LogP contribution in [0.25, 0.3) is 22.0 Å². The molecule has 1 amide bonds. The molecule has 3 aromatic rings. The fraction of sp³-hybridized carbons (Fsp3) is 0.500. The quantitative estimate of drug-likeness (QED) is 0.721. The number of ether oxygens (including phenoxy) is 1. The predicted octanol–water partition coefficient (Wildman–Crippen LogP) is 3.37. The van der Waals surface area contributed by atoms with E-state index in [1.165, 1.54) is 19.3 Å². The maximum atomic E-state index is 11.6. The molecule has 2 fully saturated rings. The number of fused-ring (bicyclic) bond motifs is 1. The van der Waals surface area contributed by atoms with Crippen molar-refractivity contribution >= 4 is 16.8 Å². The molecule has 1 saturated carbocycles. The molecule has 1 unspecified atom stereocenters. The molecule has 29 heavy (non-hydrogen) atoms. The summed E-state index contributed by atoms with van der Waals surface area (Å²) in [6.07, 6.45) is 8.22. The van der Waals surface area contributed by atoms with Crippen LogP contribution in [0.1, 0.15) is 44.3 Å². The van der Waals surface area contributed by atoms with Gasteiger partial charge in [-0.25, -0.2) is 0 Å². The van der Waals surface area contributed by atoms with Gasteiger partial charge in [-0.2, -0.15) is 10.2 Å². The SMILES string of the molecule is Cc1c2c(OC(C)[C@H]3CNC(=O)C3)cc(-c3cnn(C4CCC4)c3)cc2nn1C. The molecule has 152 valence electrons. The van der Waals surface area contributed by atoms with Crippen molar-refractivity contribution in [1.29, 1.82) is 0 Å². The Morgan fingerprint density at radius 3 is 2.79 bits per heavy atom. The highest BCUT2D eigenvalue weighted by molar-refractivity contribution is 5.92. The van der Waals surface area contributed by atoms with Crippen molar-refractivity contribution in [2.45, 2.75) is 51.7 Å². The predicted molar refractivity (Wildman–Crippen MR) is 111 cm³/mol. The van der Waals surface area contributed by atoms with Crippen LogP contribution in [-0.4, -0.2) is 38.1 Å². The average Bonchev–Trinajstić information content (AvgIpc) is 3.34. The Morgan fingerprint density at radius 1 is 1.28 bits per heavy atom. The Labute approximate surface area is 170 Å². The summed E-state index contributed by atoms with van der Waals surface area (Å²) in [5.74, 6) is 1.11. The Hall–Kier alpha value is -2.83. The lowest BCUT2D eigenvalue weighted by molar-refractivity contribution is -0.119. The van der Waals surface area contributed by atoms with Crippen molar-refractivity contribution in [3.05, 3.63) is 30.2 Å². The third-order valence-corrected chi connectivity index (χ3v) is 6.56. The second-order valence-electron chi connectivity index (χ2n) is 8.46.